The molecule has 1 aliphatic heterocycles. The molecule has 0 spiro atoms. The van der Waals surface area contributed by atoms with Crippen LogP contribution in [0.3, 0.4) is 0 Å². The van der Waals surface area contributed by atoms with Gasteiger partial charge >= 0.3 is 0 Å². The Morgan fingerprint density at radius 3 is 2.90 bits per heavy atom. The molecule has 20 heavy (non-hydrogen) atoms. The molecule has 1 heterocycles. The highest BCUT2D eigenvalue weighted by atomic mass is 16.2. The second kappa shape index (κ2) is 7.05. The Hall–Kier alpha value is -1.88. The Bertz CT molecular complexity index is 482. The highest BCUT2D eigenvalue weighted by molar-refractivity contribution is 5.92. The number of amides is 2. The molecule has 4 N–H and O–H groups in total. The molecule has 1 aromatic carbocycles. The van der Waals surface area contributed by atoms with E-state index in [0.717, 1.165) is 31.4 Å². The smallest absolute Gasteiger partial charge is 0.248 e. The average molecular weight is 275 g/mol. The monoisotopic (exact) mass is 275 g/mol. The summed E-state index contributed by atoms with van der Waals surface area (Å²) in [5.74, 6) is -0.363. The van der Waals surface area contributed by atoms with Crippen LogP contribution < -0.4 is 16.4 Å². The molecule has 2 rings (SSSR count). The van der Waals surface area contributed by atoms with Gasteiger partial charge in [0, 0.05) is 12.1 Å². The van der Waals surface area contributed by atoms with Gasteiger partial charge in [0.2, 0.25) is 11.8 Å². The highest BCUT2D eigenvalue weighted by Gasteiger charge is 2.19. The van der Waals surface area contributed by atoms with Crippen molar-refractivity contribution in [3.05, 3.63) is 35.4 Å². The molecule has 1 saturated heterocycles. The first-order valence-corrected chi connectivity index (χ1v) is 7.06. The lowest BCUT2D eigenvalue weighted by molar-refractivity contribution is -0.123. The molecule has 0 bridgehead atoms. The zero-order chi connectivity index (χ0) is 14.4. The molecule has 1 fully saturated rings. The van der Waals surface area contributed by atoms with Gasteiger partial charge in [-0.3, -0.25) is 9.59 Å². The molecule has 0 aromatic heterocycles. The molecule has 5 heteroatoms. The van der Waals surface area contributed by atoms with E-state index in [2.05, 4.69) is 10.6 Å². The van der Waals surface area contributed by atoms with Gasteiger partial charge in [-0.25, -0.2) is 0 Å². The second-order valence-electron chi connectivity index (χ2n) is 5.11. The van der Waals surface area contributed by atoms with Crippen molar-refractivity contribution >= 4 is 11.8 Å². The number of benzene rings is 1. The van der Waals surface area contributed by atoms with E-state index in [1.807, 2.05) is 6.07 Å². The lowest BCUT2D eigenvalue weighted by atomic mass is 10.0. The fourth-order valence-corrected chi connectivity index (χ4v) is 2.41. The molecular weight excluding hydrogens is 254 g/mol. The normalized spacial score (nSPS) is 18.5. The summed E-state index contributed by atoms with van der Waals surface area (Å²) in [6.45, 7) is 1.48. The lowest BCUT2D eigenvalue weighted by Gasteiger charge is -2.22. The molecule has 1 atom stereocenters. The maximum absolute atomic E-state index is 11.9. The van der Waals surface area contributed by atoms with Gasteiger partial charge < -0.3 is 16.4 Å². The summed E-state index contributed by atoms with van der Waals surface area (Å²) in [4.78, 5) is 23.0. The fraction of sp³-hybridized carbons (Fsp3) is 0.467. The van der Waals surface area contributed by atoms with Crippen molar-refractivity contribution < 1.29 is 9.59 Å². The van der Waals surface area contributed by atoms with Crippen LogP contribution >= 0.6 is 0 Å². The SMILES string of the molecule is NC(=O)c1cccc(CCNC(=O)C2CCCCN2)c1. The van der Waals surface area contributed by atoms with Crippen molar-refractivity contribution in [2.45, 2.75) is 31.7 Å². The van der Waals surface area contributed by atoms with Gasteiger partial charge in [0.1, 0.15) is 0 Å². The van der Waals surface area contributed by atoms with Crippen LogP contribution in [0.1, 0.15) is 35.2 Å². The van der Waals surface area contributed by atoms with Crippen molar-refractivity contribution in [1.82, 2.24) is 10.6 Å². The van der Waals surface area contributed by atoms with E-state index < -0.39 is 5.91 Å². The van der Waals surface area contributed by atoms with Crippen LogP contribution in [0.15, 0.2) is 24.3 Å². The number of carbonyl (C=O) groups excluding carboxylic acids is 2. The predicted molar refractivity (Wildman–Crippen MR) is 77.3 cm³/mol. The summed E-state index contributed by atoms with van der Waals surface area (Å²) in [7, 11) is 0. The number of primary amides is 1. The first kappa shape index (κ1) is 14.5. The van der Waals surface area contributed by atoms with E-state index in [1.54, 1.807) is 18.2 Å². The van der Waals surface area contributed by atoms with Gasteiger partial charge in [-0.1, -0.05) is 18.6 Å². The van der Waals surface area contributed by atoms with Crippen LogP contribution in [-0.4, -0.2) is 30.9 Å². The third kappa shape index (κ3) is 4.06. The first-order valence-electron chi connectivity index (χ1n) is 7.06. The molecule has 1 aromatic rings. The number of nitrogens with one attached hydrogen (secondary N) is 2. The summed E-state index contributed by atoms with van der Waals surface area (Å²) in [5, 5.41) is 6.15. The second-order valence-corrected chi connectivity index (χ2v) is 5.11. The van der Waals surface area contributed by atoms with E-state index in [-0.39, 0.29) is 11.9 Å². The van der Waals surface area contributed by atoms with E-state index in [9.17, 15) is 9.59 Å². The van der Waals surface area contributed by atoms with Gasteiger partial charge in [0.25, 0.3) is 0 Å². The Morgan fingerprint density at radius 2 is 2.20 bits per heavy atom. The van der Waals surface area contributed by atoms with Crippen molar-refractivity contribution in [2.24, 2.45) is 5.73 Å². The van der Waals surface area contributed by atoms with Crippen LogP contribution in [0.2, 0.25) is 0 Å². The van der Waals surface area contributed by atoms with Crippen molar-refractivity contribution in [1.29, 1.82) is 0 Å². The van der Waals surface area contributed by atoms with Crippen LogP contribution in [-0.2, 0) is 11.2 Å². The topological polar surface area (TPSA) is 84.2 Å². The molecule has 5 nitrogen and oxygen atoms in total. The van der Waals surface area contributed by atoms with Crippen LogP contribution in [0.5, 0.6) is 0 Å². The summed E-state index contributed by atoms with van der Waals surface area (Å²) >= 11 is 0. The number of nitrogens with two attached hydrogens (primary N) is 1. The molecular formula is C15H21N3O2. The van der Waals surface area contributed by atoms with E-state index in [1.165, 1.54) is 0 Å². The van der Waals surface area contributed by atoms with Crippen molar-refractivity contribution in [2.75, 3.05) is 13.1 Å². The first-order chi connectivity index (χ1) is 9.66. The maximum atomic E-state index is 11.9. The van der Waals surface area contributed by atoms with Crippen molar-refractivity contribution in [3.8, 4) is 0 Å². The summed E-state index contributed by atoms with van der Waals surface area (Å²) in [6, 6.07) is 7.14. The minimum absolute atomic E-state index is 0.0549. The van der Waals surface area contributed by atoms with E-state index in [4.69, 9.17) is 5.73 Å². The molecule has 1 aliphatic rings. The van der Waals surface area contributed by atoms with Crippen molar-refractivity contribution in [3.63, 3.8) is 0 Å². The number of carbonyl (C=O) groups is 2. The minimum Gasteiger partial charge on any atom is -0.366 e. The number of piperidine rings is 1. The Balaban J connectivity index is 1.79. The summed E-state index contributed by atoms with van der Waals surface area (Å²) in [6.07, 6.45) is 3.85. The third-order valence-corrected chi connectivity index (χ3v) is 3.55. The third-order valence-electron chi connectivity index (χ3n) is 3.55. The van der Waals surface area contributed by atoms with Crippen LogP contribution in [0.25, 0.3) is 0 Å². The van der Waals surface area contributed by atoms with Gasteiger partial charge in [0.15, 0.2) is 0 Å². The molecule has 0 aliphatic carbocycles. The predicted octanol–water partition coefficient (Wildman–Crippen LogP) is 0.586. The average Bonchev–Trinajstić information content (AvgIpc) is 2.48. The molecule has 0 saturated carbocycles. The lowest BCUT2D eigenvalue weighted by Crippen LogP contribution is -2.47. The van der Waals surface area contributed by atoms with E-state index in [0.29, 0.717) is 18.5 Å². The van der Waals surface area contributed by atoms with Gasteiger partial charge in [-0.15, -0.1) is 0 Å². The van der Waals surface area contributed by atoms with Crippen LogP contribution in [0, 0.1) is 0 Å². The standard InChI is InChI=1S/C15H21N3O2/c16-14(19)12-5-3-4-11(10-12)7-9-18-15(20)13-6-1-2-8-17-13/h3-5,10,13,17H,1-2,6-9H2,(H2,16,19)(H,18,20). The van der Waals surface area contributed by atoms with Crippen LogP contribution in [0.4, 0.5) is 0 Å². The summed E-state index contributed by atoms with van der Waals surface area (Å²) < 4.78 is 0. The maximum Gasteiger partial charge on any atom is 0.248 e. The summed E-state index contributed by atoms with van der Waals surface area (Å²) in [5.41, 5.74) is 6.74. The molecule has 2 amide bonds. The largest absolute Gasteiger partial charge is 0.366 e. The van der Waals surface area contributed by atoms with Gasteiger partial charge in [0.05, 0.1) is 6.04 Å². The minimum atomic E-state index is -0.428. The molecule has 108 valence electrons. The zero-order valence-corrected chi connectivity index (χ0v) is 11.5. The van der Waals surface area contributed by atoms with Gasteiger partial charge in [-0.05, 0) is 43.5 Å². The quantitative estimate of drug-likeness (QED) is 0.735. The zero-order valence-electron chi connectivity index (χ0n) is 11.5. The molecule has 1 unspecified atom stereocenters. The number of hydrogen-bond donors (Lipinski definition) is 3. The Morgan fingerprint density at radius 1 is 1.35 bits per heavy atom. The molecule has 0 radical (unpaired) electrons. The highest BCUT2D eigenvalue weighted by Crippen LogP contribution is 2.07. The fourth-order valence-electron chi connectivity index (χ4n) is 2.41. The number of hydrogen-bond acceptors (Lipinski definition) is 3. The Kier molecular flexibility index (Phi) is 5.12. The Labute approximate surface area is 118 Å². The van der Waals surface area contributed by atoms with Gasteiger partial charge in [-0.2, -0.15) is 0 Å². The van der Waals surface area contributed by atoms with E-state index >= 15 is 0 Å². The number of rotatable bonds is 5.